The summed E-state index contributed by atoms with van der Waals surface area (Å²) >= 11 is 0. The van der Waals surface area contributed by atoms with Gasteiger partial charge in [0.1, 0.15) is 12.4 Å². The topological polar surface area (TPSA) is 76.1 Å². The van der Waals surface area contributed by atoms with Crippen LogP contribution in [-0.2, 0) is 14.3 Å². The van der Waals surface area contributed by atoms with E-state index in [1.165, 1.54) is 17.0 Å². The van der Waals surface area contributed by atoms with E-state index in [-0.39, 0.29) is 30.9 Å². The van der Waals surface area contributed by atoms with Crippen LogP contribution in [0.4, 0.5) is 20.6 Å². The van der Waals surface area contributed by atoms with Gasteiger partial charge in [-0.15, -0.1) is 0 Å². The molecule has 2 aromatic rings. The first-order valence-electron chi connectivity index (χ1n) is 10.1. The second-order valence-electron chi connectivity index (χ2n) is 7.53. The van der Waals surface area contributed by atoms with Crippen molar-refractivity contribution >= 4 is 23.4 Å². The molecular weight excluding hydrogens is 389 g/mol. The second kappa shape index (κ2) is 10.7. The van der Waals surface area contributed by atoms with E-state index in [0.717, 1.165) is 25.7 Å². The molecule has 6 nitrogen and oxygen atoms in total. The lowest BCUT2D eigenvalue weighted by Crippen LogP contribution is -2.30. The summed E-state index contributed by atoms with van der Waals surface area (Å²) in [5.41, 5.74) is 1.16. The molecule has 2 unspecified atom stereocenters. The number of hydrogen-bond donors (Lipinski definition) is 1. The summed E-state index contributed by atoms with van der Waals surface area (Å²) in [6.07, 6.45) is 3.23. The number of nitrogens with zero attached hydrogens (tertiary/aromatic N) is 1. The predicted octanol–water partition coefficient (Wildman–Crippen LogP) is 5.01. The lowest BCUT2D eigenvalue weighted by molar-refractivity contribution is -0.142. The monoisotopic (exact) mass is 415 g/mol. The van der Waals surface area contributed by atoms with E-state index in [0.29, 0.717) is 18.0 Å². The Morgan fingerprint density at radius 2 is 1.60 bits per heavy atom. The molecule has 0 spiro atoms. The Hall–Kier alpha value is -2.93. The average Bonchev–Trinajstić information content (AvgIpc) is 2.75. The maximum Gasteiger partial charge on any atom is 0.418 e. The molecule has 0 aromatic heterocycles. The number of benzene rings is 2. The summed E-state index contributed by atoms with van der Waals surface area (Å²) in [6, 6.07) is 14.8. The van der Waals surface area contributed by atoms with Gasteiger partial charge in [0.15, 0.2) is 0 Å². The summed E-state index contributed by atoms with van der Waals surface area (Å²) < 4.78 is 24.2. The molecule has 2 atom stereocenters. The van der Waals surface area contributed by atoms with Gasteiger partial charge in [0.2, 0.25) is 0 Å². The normalized spacial score (nSPS) is 18.6. The third kappa shape index (κ3) is 6.29. The first-order chi connectivity index (χ1) is 14.5. The molecule has 30 heavy (non-hydrogen) atoms. The molecule has 1 fully saturated rings. The van der Waals surface area contributed by atoms with Gasteiger partial charge >= 0.3 is 12.1 Å². The molecule has 0 heterocycles. The van der Waals surface area contributed by atoms with Gasteiger partial charge < -0.3 is 14.6 Å². The smallest absolute Gasteiger partial charge is 0.418 e. The highest BCUT2D eigenvalue weighted by Gasteiger charge is 2.26. The van der Waals surface area contributed by atoms with Crippen LogP contribution in [0.15, 0.2) is 54.6 Å². The molecule has 0 saturated heterocycles. The van der Waals surface area contributed by atoms with E-state index < -0.39 is 12.1 Å². The maximum absolute atomic E-state index is 13.3. The fraction of sp³-hybridized carbons (Fsp3) is 0.391. The molecule has 2 aromatic carbocycles. The minimum Gasteiger partial charge on any atom is -0.480 e. The molecule has 1 amide bonds. The van der Waals surface area contributed by atoms with Crippen molar-refractivity contribution in [2.75, 3.05) is 24.7 Å². The average molecular weight is 415 g/mol. The number of aliphatic carboxylic acids is 1. The fourth-order valence-corrected chi connectivity index (χ4v) is 3.80. The van der Waals surface area contributed by atoms with E-state index >= 15 is 0 Å². The molecule has 1 saturated carbocycles. The number of carboxylic acid groups (broad SMARTS) is 1. The summed E-state index contributed by atoms with van der Waals surface area (Å²) in [5, 5.41) is 8.69. The maximum atomic E-state index is 13.3. The zero-order chi connectivity index (χ0) is 21.3. The molecule has 0 bridgehead atoms. The van der Waals surface area contributed by atoms with E-state index in [1.54, 1.807) is 24.3 Å². The van der Waals surface area contributed by atoms with E-state index in [1.807, 2.05) is 18.2 Å². The van der Waals surface area contributed by atoms with Gasteiger partial charge in [-0.1, -0.05) is 24.6 Å². The summed E-state index contributed by atoms with van der Waals surface area (Å²) in [6.45, 7) is 0.390. The van der Waals surface area contributed by atoms with Gasteiger partial charge in [0.25, 0.3) is 0 Å². The number of rotatable bonds is 8. The van der Waals surface area contributed by atoms with Crippen LogP contribution >= 0.6 is 0 Å². The number of carbonyl (C=O) groups excluding carboxylic acids is 1. The molecule has 3 rings (SSSR count). The van der Waals surface area contributed by atoms with Crippen LogP contribution in [0.25, 0.3) is 0 Å². The number of para-hydroxylation sites is 1. The number of hydrogen-bond acceptors (Lipinski definition) is 4. The van der Waals surface area contributed by atoms with Crippen molar-refractivity contribution in [3.63, 3.8) is 0 Å². The van der Waals surface area contributed by atoms with Crippen molar-refractivity contribution < 1.29 is 28.6 Å². The van der Waals surface area contributed by atoms with Crippen molar-refractivity contribution in [3.05, 3.63) is 60.4 Å². The summed E-state index contributed by atoms with van der Waals surface area (Å²) in [4.78, 5) is 24.9. The van der Waals surface area contributed by atoms with Crippen LogP contribution < -0.4 is 4.90 Å². The Labute approximate surface area is 175 Å². The molecule has 7 heteroatoms. The van der Waals surface area contributed by atoms with Crippen LogP contribution in [-0.4, -0.2) is 37.0 Å². The van der Waals surface area contributed by atoms with Crippen molar-refractivity contribution in [1.29, 1.82) is 0 Å². The van der Waals surface area contributed by atoms with Crippen molar-refractivity contribution in [2.24, 2.45) is 11.8 Å². The third-order valence-electron chi connectivity index (χ3n) is 5.19. The number of carboxylic acids is 1. The standard InChI is InChI=1S/C23H26FNO5/c24-19-9-11-21(12-10-19)25(20-7-2-1-3-8-20)23(28)30-15-18-6-4-5-17(13-18)14-29-16-22(26)27/h1-3,7-12,17-18H,4-6,13-16H2,(H,26,27). The summed E-state index contributed by atoms with van der Waals surface area (Å²) in [7, 11) is 0. The number of anilines is 2. The highest BCUT2D eigenvalue weighted by molar-refractivity contribution is 5.95. The molecule has 160 valence electrons. The van der Waals surface area contributed by atoms with Gasteiger partial charge in [-0.05, 0) is 67.5 Å². The SMILES string of the molecule is O=C(O)COCC1CCCC(COC(=O)N(c2ccccc2)c2ccc(F)cc2)C1. The zero-order valence-corrected chi connectivity index (χ0v) is 16.7. The summed E-state index contributed by atoms with van der Waals surface area (Å²) in [5.74, 6) is -0.882. The number of amides is 1. The van der Waals surface area contributed by atoms with Crippen molar-refractivity contribution in [3.8, 4) is 0 Å². The third-order valence-corrected chi connectivity index (χ3v) is 5.19. The van der Waals surface area contributed by atoms with E-state index in [2.05, 4.69) is 0 Å². The number of carbonyl (C=O) groups is 2. The van der Waals surface area contributed by atoms with Gasteiger partial charge in [0.05, 0.1) is 24.6 Å². The van der Waals surface area contributed by atoms with Gasteiger partial charge in [0, 0.05) is 0 Å². The Balaban J connectivity index is 1.60. The van der Waals surface area contributed by atoms with Crippen LogP contribution in [0.3, 0.4) is 0 Å². The van der Waals surface area contributed by atoms with E-state index in [4.69, 9.17) is 14.6 Å². The Morgan fingerprint density at radius 1 is 0.967 bits per heavy atom. The van der Waals surface area contributed by atoms with Gasteiger partial charge in [-0.25, -0.2) is 18.9 Å². The van der Waals surface area contributed by atoms with Crippen LogP contribution in [0, 0.1) is 17.7 Å². The van der Waals surface area contributed by atoms with Gasteiger partial charge in [-0.3, -0.25) is 0 Å². The van der Waals surface area contributed by atoms with Crippen LogP contribution in [0.1, 0.15) is 25.7 Å². The van der Waals surface area contributed by atoms with E-state index in [9.17, 15) is 14.0 Å². The molecular formula is C23H26FNO5. The molecule has 1 aliphatic rings. The molecule has 0 aliphatic heterocycles. The second-order valence-corrected chi connectivity index (χ2v) is 7.53. The Morgan fingerprint density at radius 3 is 2.27 bits per heavy atom. The lowest BCUT2D eigenvalue weighted by atomic mass is 9.82. The molecule has 0 radical (unpaired) electrons. The quantitative estimate of drug-likeness (QED) is 0.656. The Bertz CT molecular complexity index is 827. The lowest BCUT2D eigenvalue weighted by Gasteiger charge is -2.29. The highest BCUT2D eigenvalue weighted by atomic mass is 19.1. The van der Waals surface area contributed by atoms with Crippen molar-refractivity contribution in [2.45, 2.75) is 25.7 Å². The highest BCUT2D eigenvalue weighted by Crippen LogP contribution is 2.31. The fourth-order valence-electron chi connectivity index (χ4n) is 3.80. The van der Waals surface area contributed by atoms with Crippen LogP contribution in [0.2, 0.25) is 0 Å². The molecule has 1 N–H and O–H groups in total. The first-order valence-corrected chi connectivity index (χ1v) is 10.1. The van der Waals surface area contributed by atoms with Crippen molar-refractivity contribution in [1.82, 2.24) is 0 Å². The van der Waals surface area contributed by atoms with Crippen LogP contribution in [0.5, 0.6) is 0 Å². The first kappa shape index (κ1) is 21.8. The number of ether oxygens (including phenoxy) is 2. The predicted molar refractivity (Wildman–Crippen MR) is 110 cm³/mol. The Kier molecular flexibility index (Phi) is 7.79. The zero-order valence-electron chi connectivity index (χ0n) is 16.7. The van der Waals surface area contributed by atoms with Gasteiger partial charge in [-0.2, -0.15) is 0 Å². The largest absolute Gasteiger partial charge is 0.480 e. The molecule has 1 aliphatic carbocycles. The number of halogens is 1. The minimum absolute atomic E-state index is 0.201. The minimum atomic E-state index is -0.974.